The number of aryl methyl sites for hydroxylation is 2. The van der Waals surface area contributed by atoms with Gasteiger partial charge in [0, 0.05) is 32.2 Å². The normalized spacial score (nSPS) is 22.0. The van der Waals surface area contributed by atoms with E-state index in [2.05, 4.69) is 5.10 Å². The molecule has 1 aromatic heterocycles. The first-order valence-corrected chi connectivity index (χ1v) is 6.39. The number of rotatable bonds is 4. The van der Waals surface area contributed by atoms with Crippen molar-refractivity contribution in [3.8, 4) is 0 Å². The lowest BCUT2D eigenvalue weighted by atomic mass is 9.97. The van der Waals surface area contributed by atoms with Crippen LogP contribution in [0.5, 0.6) is 0 Å². The Morgan fingerprint density at radius 1 is 1.65 bits per heavy atom. The Balaban J connectivity index is 1.95. The van der Waals surface area contributed by atoms with E-state index in [9.17, 15) is 5.11 Å². The molecule has 0 aromatic carbocycles. The summed E-state index contributed by atoms with van der Waals surface area (Å²) < 4.78 is 6.96. The predicted molar refractivity (Wildman–Crippen MR) is 66.2 cm³/mol. The monoisotopic (exact) mass is 258 g/mol. The van der Waals surface area contributed by atoms with Gasteiger partial charge in [-0.1, -0.05) is 11.6 Å². The molecule has 0 saturated carbocycles. The minimum Gasteiger partial charge on any atom is -0.393 e. The largest absolute Gasteiger partial charge is 0.393 e. The van der Waals surface area contributed by atoms with Gasteiger partial charge in [-0.05, 0) is 25.7 Å². The first-order chi connectivity index (χ1) is 8.08. The fourth-order valence-corrected chi connectivity index (χ4v) is 2.63. The number of ether oxygens (including phenoxy) is 1. The average Bonchev–Trinajstić information content (AvgIpc) is 2.83. The van der Waals surface area contributed by atoms with Gasteiger partial charge in [-0.2, -0.15) is 5.10 Å². The van der Waals surface area contributed by atoms with E-state index in [1.165, 1.54) is 0 Å². The molecule has 1 fully saturated rings. The molecule has 4 nitrogen and oxygen atoms in total. The van der Waals surface area contributed by atoms with E-state index < -0.39 is 0 Å². The molecular weight excluding hydrogens is 240 g/mol. The third-order valence-corrected chi connectivity index (χ3v) is 3.81. The summed E-state index contributed by atoms with van der Waals surface area (Å²) in [5, 5.41) is 14.9. The van der Waals surface area contributed by atoms with Gasteiger partial charge in [0.05, 0.1) is 11.8 Å². The molecule has 2 atom stereocenters. The lowest BCUT2D eigenvalue weighted by Gasteiger charge is -2.14. The van der Waals surface area contributed by atoms with Crippen LogP contribution in [-0.2, 0) is 18.2 Å². The lowest BCUT2D eigenvalue weighted by molar-refractivity contribution is 0.128. The predicted octanol–water partition coefficient (Wildman–Crippen LogP) is 1.71. The molecule has 0 radical (unpaired) electrons. The van der Waals surface area contributed by atoms with Gasteiger partial charge in [0.25, 0.3) is 0 Å². The molecule has 0 bridgehead atoms. The van der Waals surface area contributed by atoms with Crippen molar-refractivity contribution in [2.24, 2.45) is 13.0 Å². The smallest absolute Gasteiger partial charge is 0.130 e. The first-order valence-electron chi connectivity index (χ1n) is 6.01. The first kappa shape index (κ1) is 12.9. The van der Waals surface area contributed by atoms with Gasteiger partial charge in [-0.3, -0.25) is 4.68 Å². The molecule has 1 N–H and O–H groups in total. The minimum atomic E-state index is -0.359. The quantitative estimate of drug-likeness (QED) is 0.895. The van der Waals surface area contributed by atoms with Crippen LogP contribution < -0.4 is 0 Å². The summed E-state index contributed by atoms with van der Waals surface area (Å²) in [4.78, 5) is 0. The third kappa shape index (κ3) is 3.00. The van der Waals surface area contributed by atoms with Crippen molar-refractivity contribution in [3.63, 3.8) is 0 Å². The van der Waals surface area contributed by atoms with Crippen molar-refractivity contribution in [1.29, 1.82) is 0 Å². The van der Waals surface area contributed by atoms with E-state index in [0.29, 0.717) is 17.5 Å². The number of hydrogen-bond acceptors (Lipinski definition) is 3. The Morgan fingerprint density at radius 2 is 2.41 bits per heavy atom. The average molecular weight is 259 g/mol. The summed E-state index contributed by atoms with van der Waals surface area (Å²) in [7, 11) is 1.82. The zero-order chi connectivity index (χ0) is 12.4. The Hall–Kier alpha value is -0.580. The van der Waals surface area contributed by atoms with Gasteiger partial charge in [-0.25, -0.2) is 0 Å². The maximum Gasteiger partial charge on any atom is 0.130 e. The molecular formula is C12H19ClN2O2. The highest BCUT2D eigenvalue weighted by Crippen LogP contribution is 2.24. The minimum absolute atomic E-state index is 0.359. The molecule has 2 heterocycles. The fraction of sp³-hybridized carbons (Fsp3) is 0.750. The van der Waals surface area contributed by atoms with E-state index in [-0.39, 0.29) is 6.10 Å². The maximum absolute atomic E-state index is 10.1. The van der Waals surface area contributed by atoms with Crippen molar-refractivity contribution in [2.75, 3.05) is 13.2 Å². The summed E-state index contributed by atoms with van der Waals surface area (Å²) in [6.07, 6.45) is 2.05. The van der Waals surface area contributed by atoms with Crippen molar-refractivity contribution >= 4 is 11.6 Å². The van der Waals surface area contributed by atoms with Crippen molar-refractivity contribution in [3.05, 3.63) is 16.4 Å². The van der Waals surface area contributed by atoms with Crippen molar-refractivity contribution in [2.45, 2.75) is 32.3 Å². The third-order valence-electron chi connectivity index (χ3n) is 3.34. The topological polar surface area (TPSA) is 47.3 Å². The van der Waals surface area contributed by atoms with E-state index in [0.717, 1.165) is 37.3 Å². The highest BCUT2D eigenvalue weighted by molar-refractivity contribution is 6.30. The number of aromatic nitrogens is 2. The number of aliphatic hydroxyl groups excluding tert-OH is 1. The van der Waals surface area contributed by atoms with Crippen LogP contribution in [0.4, 0.5) is 0 Å². The van der Waals surface area contributed by atoms with Crippen LogP contribution in [-0.4, -0.2) is 34.2 Å². The van der Waals surface area contributed by atoms with Gasteiger partial charge in [-0.15, -0.1) is 0 Å². The molecule has 2 unspecified atom stereocenters. The molecule has 17 heavy (non-hydrogen) atoms. The van der Waals surface area contributed by atoms with Crippen LogP contribution in [0.1, 0.15) is 24.1 Å². The van der Waals surface area contributed by atoms with Gasteiger partial charge in [0.1, 0.15) is 5.15 Å². The standard InChI is InChI=1S/C12H19ClN2O2/c1-8-11(12(13)15(2)14-8)6-10(16)5-9-3-4-17-7-9/h9-10,16H,3-7H2,1-2H3. The summed E-state index contributed by atoms with van der Waals surface area (Å²) in [5.74, 6) is 0.487. The molecule has 96 valence electrons. The van der Waals surface area contributed by atoms with Gasteiger partial charge in [0.15, 0.2) is 0 Å². The molecule has 0 amide bonds. The molecule has 2 rings (SSSR count). The second-order valence-electron chi connectivity index (χ2n) is 4.80. The second kappa shape index (κ2) is 5.38. The summed E-state index contributed by atoms with van der Waals surface area (Å²) in [6, 6.07) is 0. The van der Waals surface area contributed by atoms with E-state index in [4.69, 9.17) is 16.3 Å². The van der Waals surface area contributed by atoms with E-state index in [1.807, 2.05) is 14.0 Å². The SMILES string of the molecule is Cc1nn(C)c(Cl)c1CC(O)CC1CCOC1. The van der Waals surface area contributed by atoms with Gasteiger partial charge < -0.3 is 9.84 Å². The molecule has 0 aliphatic carbocycles. The zero-order valence-electron chi connectivity index (χ0n) is 10.3. The Morgan fingerprint density at radius 3 is 2.94 bits per heavy atom. The molecule has 1 aromatic rings. The number of nitrogens with zero attached hydrogens (tertiary/aromatic N) is 2. The van der Waals surface area contributed by atoms with E-state index >= 15 is 0 Å². The summed E-state index contributed by atoms with van der Waals surface area (Å²) >= 11 is 6.14. The highest BCUT2D eigenvalue weighted by Gasteiger charge is 2.22. The van der Waals surface area contributed by atoms with Crippen LogP contribution in [0.25, 0.3) is 0 Å². The van der Waals surface area contributed by atoms with Crippen molar-refractivity contribution in [1.82, 2.24) is 9.78 Å². The molecule has 1 saturated heterocycles. The molecule has 0 spiro atoms. The van der Waals surface area contributed by atoms with Gasteiger partial charge >= 0.3 is 0 Å². The number of halogens is 1. The zero-order valence-corrected chi connectivity index (χ0v) is 11.1. The van der Waals surface area contributed by atoms with Crippen LogP contribution in [0, 0.1) is 12.8 Å². The van der Waals surface area contributed by atoms with Crippen LogP contribution in [0.2, 0.25) is 5.15 Å². The fourth-order valence-electron chi connectivity index (χ4n) is 2.38. The van der Waals surface area contributed by atoms with Crippen LogP contribution in [0.3, 0.4) is 0 Å². The van der Waals surface area contributed by atoms with E-state index in [1.54, 1.807) is 4.68 Å². The maximum atomic E-state index is 10.1. The highest BCUT2D eigenvalue weighted by atomic mass is 35.5. The second-order valence-corrected chi connectivity index (χ2v) is 5.16. The molecule has 1 aliphatic rings. The molecule has 5 heteroatoms. The number of hydrogen-bond donors (Lipinski definition) is 1. The Bertz CT molecular complexity index is 386. The Labute approximate surface area is 107 Å². The lowest BCUT2D eigenvalue weighted by Crippen LogP contribution is -2.16. The molecule has 1 aliphatic heterocycles. The summed E-state index contributed by atoms with van der Waals surface area (Å²) in [6.45, 7) is 3.52. The van der Waals surface area contributed by atoms with Gasteiger partial charge in [0.2, 0.25) is 0 Å². The Kier molecular flexibility index (Phi) is 4.07. The van der Waals surface area contributed by atoms with Crippen LogP contribution >= 0.6 is 11.6 Å². The number of aliphatic hydroxyl groups is 1. The summed E-state index contributed by atoms with van der Waals surface area (Å²) in [5.41, 5.74) is 1.86. The van der Waals surface area contributed by atoms with Crippen LogP contribution in [0.15, 0.2) is 0 Å². The van der Waals surface area contributed by atoms with Crippen molar-refractivity contribution < 1.29 is 9.84 Å².